The van der Waals surface area contributed by atoms with Crippen molar-refractivity contribution in [1.29, 1.82) is 0 Å². The summed E-state index contributed by atoms with van der Waals surface area (Å²) in [6.07, 6.45) is 4.42. The number of piperidine rings is 2. The highest BCUT2D eigenvalue weighted by Gasteiger charge is 2.31. The lowest BCUT2D eigenvalue weighted by Gasteiger charge is -2.41. The van der Waals surface area contributed by atoms with Gasteiger partial charge in [-0.25, -0.2) is 0 Å². The molecule has 0 amide bonds. The Bertz CT molecular complexity index is 504. The predicted octanol–water partition coefficient (Wildman–Crippen LogP) is 2.93. The number of carbonyl (C=O) groups excluding carboxylic acids is 1. The second kappa shape index (κ2) is 8.63. The van der Waals surface area contributed by atoms with E-state index in [2.05, 4.69) is 40.1 Å². The van der Waals surface area contributed by atoms with E-state index in [1.165, 1.54) is 31.5 Å². The van der Waals surface area contributed by atoms with Crippen LogP contribution in [0.25, 0.3) is 0 Å². The van der Waals surface area contributed by atoms with E-state index in [0.717, 1.165) is 32.5 Å². The van der Waals surface area contributed by atoms with Gasteiger partial charge in [0.15, 0.2) is 0 Å². The van der Waals surface area contributed by atoms with Gasteiger partial charge in [0.25, 0.3) is 0 Å². The molecule has 3 rings (SSSR count). The Hall–Kier alpha value is -1.39. The monoisotopic (exact) mass is 330 g/mol. The summed E-state index contributed by atoms with van der Waals surface area (Å²) in [6, 6.07) is 11.4. The fourth-order valence-corrected chi connectivity index (χ4v) is 4.04. The fraction of sp³-hybridized carbons (Fsp3) is 0.650. The Balaban J connectivity index is 1.40. The Morgan fingerprint density at radius 2 is 1.71 bits per heavy atom. The Morgan fingerprint density at radius 1 is 1.04 bits per heavy atom. The minimum atomic E-state index is 0.00910. The molecule has 132 valence electrons. The molecule has 2 fully saturated rings. The molecule has 0 aliphatic carbocycles. The summed E-state index contributed by atoms with van der Waals surface area (Å²) in [5.74, 6) is 0.134. The van der Waals surface area contributed by atoms with Crippen LogP contribution in [-0.4, -0.2) is 54.6 Å². The van der Waals surface area contributed by atoms with E-state index >= 15 is 0 Å². The first-order valence-corrected chi connectivity index (χ1v) is 9.43. The van der Waals surface area contributed by atoms with Gasteiger partial charge in [0.2, 0.25) is 0 Å². The molecule has 4 heteroatoms. The summed E-state index contributed by atoms with van der Waals surface area (Å²) in [6.45, 7) is 7.90. The molecule has 1 aromatic rings. The van der Waals surface area contributed by atoms with Crippen molar-refractivity contribution in [3.05, 3.63) is 35.9 Å². The number of ether oxygens (including phenoxy) is 1. The Morgan fingerprint density at radius 3 is 2.33 bits per heavy atom. The molecule has 0 N–H and O–H groups in total. The third kappa shape index (κ3) is 4.58. The van der Waals surface area contributed by atoms with E-state index in [0.29, 0.717) is 12.6 Å². The van der Waals surface area contributed by atoms with Gasteiger partial charge in [-0.05, 0) is 64.3 Å². The molecule has 2 saturated heterocycles. The molecule has 1 aromatic carbocycles. The number of benzene rings is 1. The van der Waals surface area contributed by atoms with Gasteiger partial charge in [0, 0.05) is 12.6 Å². The van der Waals surface area contributed by atoms with Crippen LogP contribution in [-0.2, 0) is 16.1 Å². The third-order valence-corrected chi connectivity index (χ3v) is 5.47. The van der Waals surface area contributed by atoms with Gasteiger partial charge in [0.1, 0.15) is 0 Å². The highest BCUT2D eigenvalue weighted by molar-refractivity contribution is 5.72. The SMILES string of the molecule is CCOC(=O)C1CCN(C2CCN(Cc3ccccc3)CC2)CC1. The highest BCUT2D eigenvalue weighted by atomic mass is 16.5. The lowest BCUT2D eigenvalue weighted by molar-refractivity contribution is -0.149. The largest absolute Gasteiger partial charge is 0.466 e. The zero-order chi connectivity index (χ0) is 16.8. The number of hydrogen-bond acceptors (Lipinski definition) is 4. The van der Waals surface area contributed by atoms with Gasteiger partial charge >= 0.3 is 5.97 Å². The summed E-state index contributed by atoms with van der Waals surface area (Å²) in [7, 11) is 0. The average Bonchev–Trinajstić information content (AvgIpc) is 2.64. The van der Waals surface area contributed by atoms with Crippen molar-refractivity contribution in [3.63, 3.8) is 0 Å². The van der Waals surface area contributed by atoms with Crippen molar-refractivity contribution in [3.8, 4) is 0 Å². The Labute approximate surface area is 145 Å². The number of carbonyl (C=O) groups is 1. The number of rotatable bonds is 5. The van der Waals surface area contributed by atoms with E-state index < -0.39 is 0 Å². The number of nitrogens with zero attached hydrogens (tertiary/aromatic N) is 2. The lowest BCUT2D eigenvalue weighted by atomic mass is 9.93. The average molecular weight is 330 g/mol. The second-order valence-corrected chi connectivity index (χ2v) is 7.06. The molecule has 24 heavy (non-hydrogen) atoms. The van der Waals surface area contributed by atoms with Crippen LogP contribution in [0.5, 0.6) is 0 Å². The molecule has 2 aliphatic rings. The van der Waals surface area contributed by atoms with Crippen molar-refractivity contribution < 1.29 is 9.53 Å². The fourth-order valence-electron chi connectivity index (χ4n) is 4.04. The molecule has 0 bridgehead atoms. The van der Waals surface area contributed by atoms with Gasteiger partial charge < -0.3 is 9.64 Å². The maximum atomic E-state index is 11.9. The van der Waals surface area contributed by atoms with Gasteiger partial charge in [-0.15, -0.1) is 0 Å². The first kappa shape index (κ1) is 17.4. The molecular weight excluding hydrogens is 300 g/mol. The van der Waals surface area contributed by atoms with Crippen LogP contribution in [0.1, 0.15) is 38.2 Å². The highest BCUT2D eigenvalue weighted by Crippen LogP contribution is 2.25. The minimum absolute atomic E-state index is 0.00910. The van der Waals surface area contributed by atoms with Crippen molar-refractivity contribution in [2.45, 2.75) is 45.2 Å². The van der Waals surface area contributed by atoms with E-state index in [4.69, 9.17) is 4.74 Å². The van der Waals surface area contributed by atoms with Crippen LogP contribution >= 0.6 is 0 Å². The first-order chi connectivity index (χ1) is 11.8. The summed E-state index contributed by atoms with van der Waals surface area (Å²) in [5.41, 5.74) is 1.41. The van der Waals surface area contributed by atoms with Gasteiger partial charge in [-0.3, -0.25) is 9.69 Å². The van der Waals surface area contributed by atoms with Gasteiger partial charge in [0.05, 0.1) is 12.5 Å². The van der Waals surface area contributed by atoms with Crippen molar-refractivity contribution in [1.82, 2.24) is 9.80 Å². The van der Waals surface area contributed by atoms with E-state index in [9.17, 15) is 4.79 Å². The molecule has 0 unspecified atom stereocenters. The summed E-state index contributed by atoms with van der Waals surface area (Å²) in [5, 5.41) is 0. The smallest absolute Gasteiger partial charge is 0.309 e. The number of likely N-dealkylation sites (tertiary alicyclic amines) is 2. The summed E-state index contributed by atoms with van der Waals surface area (Å²) >= 11 is 0. The molecule has 2 heterocycles. The second-order valence-electron chi connectivity index (χ2n) is 7.06. The van der Waals surface area contributed by atoms with Crippen LogP contribution in [0.4, 0.5) is 0 Å². The van der Waals surface area contributed by atoms with Crippen LogP contribution in [0.2, 0.25) is 0 Å². The topological polar surface area (TPSA) is 32.8 Å². The van der Waals surface area contributed by atoms with Crippen LogP contribution < -0.4 is 0 Å². The zero-order valence-corrected chi connectivity index (χ0v) is 14.8. The molecule has 0 saturated carbocycles. The molecular formula is C20H30N2O2. The molecule has 0 atom stereocenters. The lowest BCUT2D eigenvalue weighted by Crippen LogP contribution is -2.48. The minimum Gasteiger partial charge on any atom is -0.466 e. The predicted molar refractivity (Wildman–Crippen MR) is 95.7 cm³/mol. The van der Waals surface area contributed by atoms with Crippen molar-refractivity contribution in [2.24, 2.45) is 5.92 Å². The van der Waals surface area contributed by atoms with Crippen LogP contribution in [0.3, 0.4) is 0 Å². The first-order valence-electron chi connectivity index (χ1n) is 9.43. The van der Waals surface area contributed by atoms with E-state index in [1.807, 2.05) is 6.92 Å². The molecule has 4 nitrogen and oxygen atoms in total. The third-order valence-electron chi connectivity index (χ3n) is 5.47. The Kier molecular flexibility index (Phi) is 6.27. The van der Waals surface area contributed by atoms with Crippen LogP contribution in [0, 0.1) is 5.92 Å². The zero-order valence-electron chi connectivity index (χ0n) is 14.8. The molecule has 2 aliphatic heterocycles. The van der Waals surface area contributed by atoms with Gasteiger partial charge in [-0.1, -0.05) is 30.3 Å². The quantitative estimate of drug-likeness (QED) is 0.777. The molecule has 0 radical (unpaired) electrons. The maximum absolute atomic E-state index is 11.9. The van der Waals surface area contributed by atoms with Crippen molar-refractivity contribution in [2.75, 3.05) is 32.8 Å². The van der Waals surface area contributed by atoms with E-state index in [-0.39, 0.29) is 11.9 Å². The van der Waals surface area contributed by atoms with Crippen LogP contribution in [0.15, 0.2) is 30.3 Å². The summed E-state index contributed by atoms with van der Waals surface area (Å²) in [4.78, 5) is 17.0. The molecule has 0 aromatic heterocycles. The number of hydrogen-bond donors (Lipinski definition) is 0. The number of esters is 1. The maximum Gasteiger partial charge on any atom is 0.309 e. The van der Waals surface area contributed by atoms with E-state index in [1.54, 1.807) is 0 Å². The standard InChI is InChI=1S/C20H30N2O2/c1-2-24-20(23)18-8-14-22(15-9-18)19-10-12-21(13-11-19)16-17-6-4-3-5-7-17/h3-7,18-19H,2,8-16H2,1H3. The summed E-state index contributed by atoms with van der Waals surface area (Å²) < 4.78 is 5.17. The van der Waals surface area contributed by atoms with Gasteiger partial charge in [-0.2, -0.15) is 0 Å². The van der Waals surface area contributed by atoms with Crippen molar-refractivity contribution >= 4 is 5.97 Å². The normalized spacial score (nSPS) is 21.7. The molecule has 0 spiro atoms.